The van der Waals surface area contributed by atoms with Crippen LogP contribution in [0.1, 0.15) is 23.8 Å². The number of aromatic nitrogens is 2. The summed E-state index contributed by atoms with van der Waals surface area (Å²) in [6, 6.07) is 7.34. The normalized spacial score (nSPS) is 20.1. The Hall–Kier alpha value is -4.09. The maximum atomic E-state index is 12.4. The van der Waals surface area contributed by atoms with Crippen LogP contribution in [0.25, 0.3) is 10.4 Å². The van der Waals surface area contributed by atoms with Crippen LogP contribution in [0, 0.1) is 6.92 Å². The second-order valence-corrected chi connectivity index (χ2v) is 7.62. The number of H-pyrrole nitrogens is 1. The SMILES string of the molecule is COC(=O)[C@H](Cc1ccccc1)NC(=O)OC[C@H]1O[C@@H](n2cc(C)c(=O)[nH]c2=O)C[C@@H]1N=[N+]=[N-]. The monoisotopic (exact) mass is 472 g/mol. The number of esters is 1. The summed E-state index contributed by atoms with van der Waals surface area (Å²) < 4.78 is 16.9. The minimum Gasteiger partial charge on any atom is -0.467 e. The van der Waals surface area contributed by atoms with Crippen molar-refractivity contribution in [1.29, 1.82) is 0 Å². The molecule has 1 aliphatic heterocycles. The number of aryl methyl sites for hydroxylation is 1. The number of ether oxygens (including phenoxy) is 3. The lowest BCUT2D eigenvalue weighted by Gasteiger charge is -2.19. The van der Waals surface area contributed by atoms with Crippen molar-refractivity contribution in [3.8, 4) is 0 Å². The first-order chi connectivity index (χ1) is 16.3. The van der Waals surface area contributed by atoms with Crippen molar-refractivity contribution in [1.82, 2.24) is 14.9 Å². The van der Waals surface area contributed by atoms with Gasteiger partial charge in [0.1, 0.15) is 25.0 Å². The van der Waals surface area contributed by atoms with E-state index in [1.807, 2.05) is 6.07 Å². The summed E-state index contributed by atoms with van der Waals surface area (Å²) >= 11 is 0. The molecule has 4 atom stereocenters. The highest BCUT2D eigenvalue weighted by molar-refractivity contribution is 5.81. The number of carbonyl (C=O) groups excluding carboxylic acids is 2. The number of hydrogen-bond donors (Lipinski definition) is 2. The van der Waals surface area contributed by atoms with Crippen LogP contribution in [0.4, 0.5) is 4.79 Å². The summed E-state index contributed by atoms with van der Waals surface area (Å²) in [5, 5.41) is 6.13. The van der Waals surface area contributed by atoms with Gasteiger partial charge >= 0.3 is 17.8 Å². The highest BCUT2D eigenvalue weighted by Gasteiger charge is 2.37. The fraction of sp³-hybridized carbons (Fsp3) is 0.429. The molecule has 1 saturated heterocycles. The van der Waals surface area contributed by atoms with Gasteiger partial charge in [0.15, 0.2) is 0 Å². The third-order valence-corrected chi connectivity index (χ3v) is 5.30. The van der Waals surface area contributed by atoms with Crippen molar-refractivity contribution in [2.45, 2.75) is 44.2 Å². The number of aromatic amines is 1. The van der Waals surface area contributed by atoms with Crippen LogP contribution in [0.3, 0.4) is 0 Å². The molecule has 13 heteroatoms. The molecule has 13 nitrogen and oxygen atoms in total. The second kappa shape index (κ2) is 11.2. The van der Waals surface area contributed by atoms with Crippen LogP contribution in [-0.4, -0.2) is 53.5 Å². The Morgan fingerprint density at radius 3 is 2.76 bits per heavy atom. The maximum Gasteiger partial charge on any atom is 0.407 e. The molecule has 1 fully saturated rings. The lowest BCUT2D eigenvalue weighted by Crippen LogP contribution is -2.44. The number of alkyl carbamates (subject to hydrolysis) is 1. The molecule has 2 heterocycles. The fourth-order valence-corrected chi connectivity index (χ4v) is 3.55. The van der Waals surface area contributed by atoms with Gasteiger partial charge in [-0.05, 0) is 18.0 Å². The van der Waals surface area contributed by atoms with E-state index in [9.17, 15) is 19.2 Å². The maximum absolute atomic E-state index is 12.4. The van der Waals surface area contributed by atoms with E-state index in [-0.39, 0.29) is 19.4 Å². The number of nitrogens with one attached hydrogen (secondary N) is 2. The van der Waals surface area contributed by atoms with E-state index in [1.54, 1.807) is 24.3 Å². The van der Waals surface area contributed by atoms with E-state index in [2.05, 4.69) is 20.3 Å². The molecule has 0 unspecified atom stereocenters. The number of methoxy groups -OCH3 is 1. The highest BCUT2D eigenvalue weighted by atomic mass is 16.6. The zero-order chi connectivity index (χ0) is 24.7. The Bertz CT molecular complexity index is 1190. The molecule has 34 heavy (non-hydrogen) atoms. The van der Waals surface area contributed by atoms with E-state index in [0.29, 0.717) is 5.56 Å². The first-order valence-corrected chi connectivity index (χ1v) is 10.4. The average molecular weight is 472 g/mol. The van der Waals surface area contributed by atoms with Crippen molar-refractivity contribution in [2.75, 3.05) is 13.7 Å². The molecule has 0 bridgehead atoms. The predicted molar refractivity (Wildman–Crippen MR) is 118 cm³/mol. The summed E-state index contributed by atoms with van der Waals surface area (Å²) in [4.78, 5) is 53.2. The molecular weight excluding hydrogens is 448 g/mol. The van der Waals surface area contributed by atoms with Crippen molar-refractivity contribution in [2.24, 2.45) is 5.11 Å². The standard InChI is InChI=1S/C21H24N6O7/c1-12-10-27(20(30)24-18(12)28)17-9-14(25-26-22)16(34-17)11-33-21(31)23-15(19(29)32-2)8-13-6-4-3-5-7-13/h3-7,10,14-17H,8-9,11H2,1-2H3,(H,23,31)(H,24,28,30)/t14-,15-,16+,17+/m0/s1. The van der Waals surface area contributed by atoms with E-state index in [1.165, 1.54) is 24.8 Å². The molecule has 0 radical (unpaired) electrons. The Labute approximate surface area is 193 Å². The number of hydrogen-bond acceptors (Lipinski definition) is 8. The number of nitrogens with zero attached hydrogens (tertiary/aromatic N) is 4. The molecule has 1 aliphatic rings. The van der Waals surface area contributed by atoms with E-state index in [4.69, 9.17) is 19.7 Å². The van der Waals surface area contributed by atoms with Gasteiger partial charge < -0.3 is 19.5 Å². The summed E-state index contributed by atoms with van der Waals surface area (Å²) in [5.41, 5.74) is 8.79. The van der Waals surface area contributed by atoms with Crippen LogP contribution in [0.5, 0.6) is 0 Å². The lowest BCUT2D eigenvalue weighted by atomic mass is 10.1. The van der Waals surface area contributed by atoms with Gasteiger partial charge in [-0.3, -0.25) is 14.3 Å². The summed E-state index contributed by atoms with van der Waals surface area (Å²) in [6.07, 6.45) is -0.910. The minimum absolute atomic E-state index is 0.129. The van der Waals surface area contributed by atoms with Crippen LogP contribution in [0.15, 0.2) is 51.2 Å². The number of azide groups is 1. The van der Waals surface area contributed by atoms with Crippen molar-refractivity contribution in [3.05, 3.63) is 78.9 Å². The van der Waals surface area contributed by atoms with Gasteiger partial charge in [0.05, 0.1) is 13.2 Å². The molecule has 0 spiro atoms. The van der Waals surface area contributed by atoms with E-state index >= 15 is 0 Å². The molecule has 1 aromatic heterocycles. The van der Waals surface area contributed by atoms with Gasteiger partial charge in [-0.1, -0.05) is 35.4 Å². The Kier molecular flexibility index (Phi) is 8.06. The van der Waals surface area contributed by atoms with E-state index in [0.717, 1.165) is 5.56 Å². The largest absolute Gasteiger partial charge is 0.467 e. The fourth-order valence-electron chi connectivity index (χ4n) is 3.55. The Morgan fingerprint density at radius 1 is 1.35 bits per heavy atom. The third kappa shape index (κ3) is 6.03. The van der Waals surface area contributed by atoms with Gasteiger partial charge in [0.25, 0.3) is 5.56 Å². The molecule has 0 saturated carbocycles. The van der Waals surface area contributed by atoms with Crippen LogP contribution in [0.2, 0.25) is 0 Å². The minimum atomic E-state index is -0.979. The zero-order valence-electron chi connectivity index (χ0n) is 18.5. The predicted octanol–water partition coefficient (Wildman–Crippen LogP) is 1.32. The zero-order valence-corrected chi connectivity index (χ0v) is 18.5. The van der Waals surface area contributed by atoms with Gasteiger partial charge in [-0.2, -0.15) is 0 Å². The number of carbonyl (C=O) groups is 2. The van der Waals surface area contributed by atoms with Gasteiger partial charge in [0, 0.05) is 29.5 Å². The first-order valence-electron chi connectivity index (χ1n) is 10.4. The number of benzene rings is 1. The number of rotatable bonds is 8. The smallest absolute Gasteiger partial charge is 0.407 e. The Morgan fingerprint density at radius 2 is 2.09 bits per heavy atom. The summed E-state index contributed by atoms with van der Waals surface area (Å²) in [7, 11) is 1.21. The molecule has 1 amide bonds. The molecule has 3 rings (SSSR count). The topological polar surface area (TPSA) is 177 Å². The van der Waals surface area contributed by atoms with Gasteiger partial charge in [0.2, 0.25) is 0 Å². The second-order valence-electron chi connectivity index (χ2n) is 7.62. The first kappa shape index (κ1) is 24.6. The van der Waals surface area contributed by atoms with E-state index < -0.39 is 47.7 Å². The van der Waals surface area contributed by atoms with Gasteiger partial charge in [-0.25, -0.2) is 14.4 Å². The molecule has 0 aliphatic carbocycles. The third-order valence-electron chi connectivity index (χ3n) is 5.30. The summed E-state index contributed by atoms with van der Waals surface area (Å²) in [5.74, 6) is -0.641. The van der Waals surface area contributed by atoms with Crippen LogP contribution < -0.4 is 16.6 Å². The lowest BCUT2D eigenvalue weighted by molar-refractivity contribution is -0.143. The van der Waals surface area contributed by atoms with Crippen molar-refractivity contribution >= 4 is 12.1 Å². The quantitative estimate of drug-likeness (QED) is 0.252. The van der Waals surface area contributed by atoms with Crippen molar-refractivity contribution in [3.63, 3.8) is 0 Å². The summed E-state index contributed by atoms with van der Waals surface area (Å²) in [6.45, 7) is 1.23. The average Bonchev–Trinajstić information content (AvgIpc) is 3.22. The van der Waals surface area contributed by atoms with Crippen molar-refractivity contribution < 1.29 is 23.8 Å². The molecule has 2 aromatic rings. The molecule has 2 N–H and O–H groups in total. The molecular formula is C21H24N6O7. The van der Waals surface area contributed by atoms with Crippen LogP contribution in [-0.2, 0) is 25.4 Å². The molecule has 1 aromatic carbocycles. The van der Waals surface area contributed by atoms with Crippen LogP contribution >= 0.6 is 0 Å². The molecule has 180 valence electrons. The van der Waals surface area contributed by atoms with Gasteiger partial charge in [-0.15, -0.1) is 0 Å². The number of amides is 1. The highest BCUT2D eigenvalue weighted by Crippen LogP contribution is 2.30. The Balaban J connectivity index is 1.65.